The summed E-state index contributed by atoms with van der Waals surface area (Å²) in [5.41, 5.74) is 6.58. The maximum absolute atomic E-state index is 12.1. The number of benzene rings is 2. The van der Waals surface area contributed by atoms with E-state index in [1.54, 1.807) is 49.6 Å². The first-order valence-electron chi connectivity index (χ1n) is 6.52. The number of ether oxygens (including phenoxy) is 1. The number of nitrogens with one attached hydrogen (secondary N) is 1. The molecule has 114 valence electrons. The Hall–Kier alpha value is -2.53. The van der Waals surface area contributed by atoms with Crippen molar-refractivity contribution in [2.75, 3.05) is 12.4 Å². The Labute approximate surface area is 133 Å². The van der Waals surface area contributed by atoms with E-state index in [9.17, 15) is 9.59 Å². The Morgan fingerprint density at radius 3 is 2.59 bits per heavy atom. The molecule has 2 amide bonds. The van der Waals surface area contributed by atoms with E-state index >= 15 is 0 Å². The van der Waals surface area contributed by atoms with Gasteiger partial charge in [-0.2, -0.15) is 0 Å². The summed E-state index contributed by atoms with van der Waals surface area (Å²) < 4.78 is 5.06. The van der Waals surface area contributed by atoms with Crippen molar-refractivity contribution in [3.63, 3.8) is 0 Å². The first-order valence-corrected chi connectivity index (χ1v) is 6.90. The van der Waals surface area contributed by atoms with Crippen LogP contribution in [0.5, 0.6) is 5.75 Å². The summed E-state index contributed by atoms with van der Waals surface area (Å²) in [6.07, 6.45) is 0.0793. The van der Waals surface area contributed by atoms with E-state index in [-0.39, 0.29) is 17.9 Å². The van der Waals surface area contributed by atoms with Crippen molar-refractivity contribution in [3.05, 3.63) is 58.6 Å². The van der Waals surface area contributed by atoms with Crippen LogP contribution >= 0.6 is 11.6 Å². The number of primary amides is 1. The SMILES string of the molecule is COc1ccc(CC(=O)Nc2ccccc2C(N)=O)c(Cl)c1. The molecule has 0 unspecified atom stereocenters. The molecule has 6 heteroatoms. The third kappa shape index (κ3) is 3.77. The Bertz CT molecular complexity index is 716. The fourth-order valence-electron chi connectivity index (χ4n) is 1.97. The molecule has 2 aromatic carbocycles. The van der Waals surface area contributed by atoms with Crippen LogP contribution in [0.15, 0.2) is 42.5 Å². The summed E-state index contributed by atoms with van der Waals surface area (Å²) >= 11 is 6.10. The number of methoxy groups -OCH3 is 1. The lowest BCUT2D eigenvalue weighted by atomic mass is 10.1. The van der Waals surface area contributed by atoms with Gasteiger partial charge in [0.2, 0.25) is 5.91 Å². The van der Waals surface area contributed by atoms with Crippen LogP contribution in [0.3, 0.4) is 0 Å². The second-order valence-corrected chi connectivity index (χ2v) is 5.00. The van der Waals surface area contributed by atoms with Crippen molar-refractivity contribution in [1.29, 1.82) is 0 Å². The van der Waals surface area contributed by atoms with Gasteiger partial charge in [-0.3, -0.25) is 9.59 Å². The minimum Gasteiger partial charge on any atom is -0.497 e. The fourth-order valence-corrected chi connectivity index (χ4v) is 2.21. The van der Waals surface area contributed by atoms with Crippen LogP contribution in [0.2, 0.25) is 5.02 Å². The Morgan fingerprint density at radius 1 is 1.23 bits per heavy atom. The van der Waals surface area contributed by atoms with Gasteiger partial charge in [-0.05, 0) is 29.8 Å². The molecule has 0 saturated carbocycles. The van der Waals surface area contributed by atoms with Crippen LogP contribution in [0, 0.1) is 0 Å². The molecular formula is C16H15ClN2O3. The van der Waals surface area contributed by atoms with E-state index in [1.165, 1.54) is 0 Å². The van der Waals surface area contributed by atoms with Crippen molar-refractivity contribution >= 4 is 29.1 Å². The van der Waals surface area contributed by atoms with Crippen molar-refractivity contribution < 1.29 is 14.3 Å². The Morgan fingerprint density at radius 2 is 1.95 bits per heavy atom. The highest BCUT2D eigenvalue weighted by Gasteiger charge is 2.12. The summed E-state index contributed by atoms with van der Waals surface area (Å²) in [6.45, 7) is 0. The van der Waals surface area contributed by atoms with E-state index < -0.39 is 5.91 Å². The average molecular weight is 319 g/mol. The third-order valence-corrected chi connectivity index (χ3v) is 3.43. The highest BCUT2D eigenvalue weighted by Crippen LogP contribution is 2.23. The van der Waals surface area contributed by atoms with Crippen LogP contribution in [-0.4, -0.2) is 18.9 Å². The van der Waals surface area contributed by atoms with Gasteiger partial charge in [0.05, 0.1) is 24.8 Å². The number of carbonyl (C=O) groups excluding carboxylic acids is 2. The number of rotatable bonds is 5. The predicted molar refractivity (Wildman–Crippen MR) is 85.3 cm³/mol. The Kier molecular flexibility index (Phi) is 5.01. The van der Waals surface area contributed by atoms with E-state index in [1.807, 2.05) is 0 Å². The zero-order valence-corrected chi connectivity index (χ0v) is 12.7. The summed E-state index contributed by atoms with van der Waals surface area (Å²) in [6, 6.07) is 11.7. The van der Waals surface area contributed by atoms with E-state index in [0.717, 1.165) is 0 Å². The van der Waals surface area contributed by atoms with Crippen LogP contribution in [0.1, 0.15) is 15.9 Å². The quantitative estimate of drug-likeness (QED) is 0.889. The smallest absolute Gasteiger partial charge is 0.250 e. The molecule has 2 rings (SSSR count). The van der Waals surface area contributed by atoms with Gasteiger partial charge in [-0.15, -0.1) is 0 Å². The minimum atomic E-state index is -0.599. The summed E-state index contributed by atoms with van der Waals surface area (Å²) in [5.74, 6) is -0.271. The van der Waals surface area contributed by atoms with Gasteiger partial charge in [0.25, 0.3) is 5.91 Å². The first-order chi connectivity index (χ1) is 10.5. The van der Waals surface area contributed by atoms with Crippen LogP contribution < -0.4 is 15.8 Å². The molecule has 0 bridgehead atoms. The molecule has 0 aliphatic carbocycles. The fraction of sp³-hybridized carbons (Fsp3) is 0.125. The zero-order valence-electron chi connectivity index (χ0n) is 11.9. The topological polar surface area (TPSA) is 81.4 Å². The van der Waals surface area contributed by atoms with Crippen LogP contribution in [0.4, 0.5) is 5.69 Å². The van der Waals surface area contributed by atoms with Crippen LogP contribution in [-0.2, 0) is 11.2 Å². The maximum atomic E-state index is 12.1. The number of hydrogen-bond acceptors (Lipinski definition) is 3. The summed E-state index contributed by atoms with van der Waals surface area (Å²) in [5, 5.41) is 3.11. The maximum Gasteiger partial charge on any atom is 0.250 e. The number of halogens is 1. The molecule has 0 heterocycles. The summed E-state index contributed by atoms with van der Waals surface area (Å²) in [4.78, 5) is 23.4. The minimum absolute atomic E-state index is 0.0793. The molecule has 0 aliphatic heterocycles. The van der Waals surface area contributed by atoms with Gasteiger partial charge < -0.3 is 15.8 Å². The number of para-hydroxylation sites is 1. The number of nitrogens with two attached hydrogens (primary N) is 1. The molecule has 3 N–H and O–H groups in total. The van der Waals surface area contributed by atoms with Gasteiger partial charge in [0.15, 0.2) is 0 Å². The number of carbonyl (C=O) groups is 2. The van der Waals surface area contributed by atoms with E-state index in [4.69, 9.17) is 22.1 Å². The van der Waals surface area contributed by atoms with Gasteiger partial charge >= 0.3 is 0 Å². The van der Waals surface area contributed by atoms with E-state index in [2.05, 4.69) is 5.32 Å². The highest BCUT2D eigenvalue weighted by molar-refractivity contribution is 6.31. The molecule has 22 heavy (non-hydrogen) atoms. The lowest BCUT2D eigenvalue weighted by Crippen LogP contribution is -2.19. The Balaban J connectivity index is 2.12. The number of amides is 2. The van der Waals surface area contributed by atoms with Gasteiger partial charge in [0, 0.05) is 5.02 Å². The predicted octanol–water partition coefficient (Wildman–Crippen LogP) is 2.63. The second-order valence-electron chi connectivity index (χ2n) is 4.59. The lowest BCUT2D eigenvalue weighted by molar-refractivity contribution is -0.115. The molecular weight excluding hydrogens is 304 g/mol. The zero-order chi connectivity index (χ0) is 16.1. The number of hydrogen-bond donors (Lipinski definition) is 2. The highest BCUT2D eigenvalue weighted by atomic mass is 35.5. The molecule has 0 radical (unpaired) electrons. The van der Waals surface area contributed by atoms with E-state index in [0.29, 0.717) is 22.0 Å². The van der Waals surface area contributed by atoms with Crippen LogP contribution in [0.25, 0.3) is 0 Å². The molecule has 0 aliphatic rings. The van der Waals surface area contributed by atoms with Gasteiger partial charge in [-0.25, -0.2) is 0 Å². The normalized spacial score (nSPS) is 10.1. The molecule has 5 nitrogen and oxygen atoms in total. The molecule has 0 aromatic heterocycles. The van der Waals surface area contributed by atoms with Crippen molar-refractivity contribution in [1.82, 2.24) is 0 Å². The number of anilines is 1. The molecule has 0 spiro atoms. The first kappa shape index (κ1) is 15.9. The molecule has 2 aromatic rings. The van der Waals surface area contributed by atoms with Gasteiger partial charge in [-0.1, -0.05) is 29.8 Å². The molecule has 0 atom stereocenters. The monoisotopic (exact) mass is 318 g/mol. The standard InChI is InChI=1S/C16H15ClN2O3/c1-22-11-7-6-10(13(17)9-11)8-15(20)19-14-5-3-2-4-12(14)16(18)21/h2-7,9H,8H2,1H3,(H2,18,21)(H,19,20). The van der Waals surface area contributed by atoms with Crippen molar-refractivity contribution in [2.24, 2.45) is 5.73 Å². The van der Waals surface area contributed by atoms with Gasteiger partial charge in [0.1, 0.15) is 5.75 Å². The average Bonchev–Trinajstić information content (AvgIpc) is 2.49. The van der Waals surface area contributed by atoms with Crippen molar-refractivity contribution in [3.8, 4) is 5.75 Å². The molecule has 0 saturated heterocycles. The lowest BCUT2D eigenvalue weighted by Gasteiger charge is -2.10. The van der Waals surface area contributed by atoms with Crippen molar-refractivity contribution in [2.45, 2.75) is 6.42 Å². The summed E-state index contributed by atoms with van der Waals surface area (Å²) in [7, 11) is 1.54. The second kappa shape index (κ2) is 6.95. The molecule has 0 fully saturated rings. The third-order valence-electron chi connectivity index (χ3n) is 3.08. The largest absolute Gasteiger partial charge is 0.497 e.